The highest BCUT2D eigenvalue weighted by Crippen LogP contribution is 2.23. The van der Waals surface area contributed by atoms with Crippen molar-refractivity contribution in [3.8, 4) is 0 Å². The van der Waals surface area contributed by atoms with Crippen molar-refractivity contribution in [2.45, 2.75) is 12.8 Å². The Morgan fingerprint density at radius 3 is 2.71 bits per heavy atom. The number of hydrogen-bond donors (Lipinski definition) is 2. The van der Waals surface area contributed by atoms with Gasteiger partial charge in [0, 0.05) is 0 Å². The fraction of sp³-hybridized carbons (Fsp3) is 0.400. The number of anilines is 1. The lowest BCUT2D eigenvalue weighted by Crippen LogP contribution is -2.17. The van der Waals surface area contributed by atoms with Crippen LogP contribution in [0.5, 0.6) is 0 Å². The van der Waals surface area contributed by atoms with Gasteiger partial charge >= 0.3 is 0 Å². The highest BCUT2D eigenvalue weighted by atomic mass is 35.5. The Balaban J connectivity index is 2.72. The number of halogens is 2. The van der Waals surface area contributed by atoms with Gasteiger partial charge in [0.15, 0.2) is 0 Å². The molecule has 0 atom stereocenters. The molecule has 0 radical (unpaired) electrons. The third-order valence-corrected chi connectivity index (χ3v) is 3.75. The van der Waals surface area contributed by atoms with Gasteiger partial charge in [-0.3, -0.25) is 4.72 Å². The number of nitrogens with one attached hydrogen (secondary N) is 1. The van der Waals surface area contributed by atoms with Crippen molar-refractivity contribution in [3.05, 3.63) is 29.0 Å². The molecule has 1 rings (SSSR count). The van der Waals surface area contributed by atoms with Crippen molar-refractivity contribution >= 4 is 27.3 Å². The molecule has 0 amide bonds. The Morgan fingerprint density at radius 2 is 2.06 bits per heavy atom. The second kappa shape index (κ2) is 6.18. The monoisotopic (exact) mass is 280 g/mol. The molecule has 3 N–H and O–H groups in total. The van der Waals surface area contributed by atoms with Gasteiger partial charge in [-0.1, -0.05) is 11.6 Å². The van der Waals surface area contributed by atoms with Gasteiger partial charge in [0.25, 0.3) is 0 Å². The summed E-state index contributed by atoms with van der Waals surface area (Å²) in [4.78, 5) is 0. The first-order valence-corrected chi connectivity index (χ1v) is 7.13. The smallest absolute Gasteiger partial charge is 0.232 e. The lowest BCUT2D eigenvalue weighted by molar-refractivity contribution is 0.597. The first-order valence-electron chi connectivity index (χ1n) is 5.10. The minimum Gasteiger partial charge on any atom is -0.330 e. The van der Waals surface area contributed by atoms with Crippen molar-refractivity contribution in [3.63, 3.8) is 0 Å². The van der Waals surface area contributed by atoms with E-state index >= 15 is 0 Å². The summed E-state index contributed by atoms with van der Waals surface area (Å²) >= 11 is 5.75. The zero-order valence-corrected chi connectivity index (χ0v) is 10.7. The molecule has 0 aromatic heterocycles. The molecule has 1 aromatic carbocycles. The van der Waals surface area contributed by atoms with E-state index in [1.165, 1.54) is 6.07 Å². The molecule has 7 heteroatoms. The van der Waals surface area contributed by atoms with E-state index in [2.05, 4.69) is 4.72 Å². The maximum Gasteiger partial charge on any atom is 0.232 e. The summed E-state index contributed by atoms with van der Waals surface area (Å²) in [6.45, 7) is 0.441. The topological polar surface area (TPSA) is 72.2 Å². The van der Waals surface area contributed by atoms with Gasteiger partial charge in [0.2, 0.25) is 10.0 Å². The number of benzene rings is 1. The number of rotatable bonds is 6. The lowest BCUT2D eigenvalue weighted by Gasteiger charge is -2.09. The lowest BCUT2D eigenvalue weighted by atomic mass is 10.3. The Hall–Kier alpha value is -0.850. The van der Waals surface area contributed by atoms with Crippen LogP contribution >= 0.6 is 11.6 Å². The minimum atomic E-state index is -3.50. The summed E-state index contributed by atoms with van der Waals surface area (Å²) in [5.41, 5.74) is 5.32. The molecule has 0 aliphatic carbocycles. The molecule has 0 bridgehead atoms. The largest absolute Gasteiger partial charge is 0.330 e. The van der Waals surface area contributed by atoms with Crippen molar-refractivity contribution < 1.29 is 12.8 Å². The molecule has 96 valence electrons. The fourth-order valence-electron chi connectivity index (χ4n) is 1.23. The standard InChI is InChI=1S/C10H14ClFN2O2S/c11-9-4-3-8(12)7-10(9)14-17(15,16)6-2-1-5-13/h3-4,7,14H,1-2,5-6,13H2. The molecule has 0 heterocycles. The van der Waals surface area contributed by atoms with Crippen LogP contribution in [-0.4, -0.2) is 20.7 Å². The van der Waals surface area contributed by atoms with E-state index in [-0.39, 0.29) is 16.5 Å². The summed E-state index contributed by atoms with van der Waals surface area (Å²) in [6.07, 6.45) is 1.08. The molecule has 1 aromatic rings. The van der Waals surface area contributed by atoms with Gasteiger partial charge in [-0.15, -0.1) is 0 Å². The summed E-state index contributed by atoms with van der Waals surface area (Å²) in [5.74, 6) is -0.606. The van der Waals surface area contributed by atoms with Crippen molar-refractivity contribution in [1.29, 1.82) is 0 Å². The van der Waals surface area contributed by atoms with Crippen LogP contribution < -0.4 is 10.5 Å². The molecule has 0 saturated carbocycles. The van der Waals surface area contributed by atoms with Crippen LogP contribution in [0.15, 0.2) is 18.2 Å². The van der Waals surface area contributed by atoms with E-state index in [4.69, 9.17) is 17.3 Å². The van der Waals surface area contributed by atoms with Gasteiger partial charge in [0.1, 0.15) is 5.82 Å². The summed E-state index contributed by atoms with van der Waals surface area (Å²) in [7, 11) is -3.50. The van der Waals surface area contributed by atoms with Crippen LogP contribution in [0, 0.1) is 5.82 Å². The van der Waals surface area contributed by atoms with E-state index in [9.17, 15) is 12.8 Å². The van der Waals surface area contributed by atoms with Crippen LogP contribution in [0.4, 0.5) is 10.1 Å². The van der Waals surface area contributed by atoms with E-state index in [1.807, 2.05) is 0 Å². The quantitative estimate of drug-likeness (QED) is 0.783. The molecule has 0 aliphatic heterocycles. The van der Waals surface area contributed by atoms with Crippen molar-refractivity contribution in [2.75, 3.05) is 17.0 Å². The molecular weight excluding hydrogens is 267 g/mol. The Labute approximate surface area is 105 Å². The maximum atomic E-state index is 12.9. The van der Waals surface area contributed by atoms with Crippen LogP contribution in [0.25, 0.3) is 0 Å². The number of sulfonamides is 1. The van der Waals surface area contributed by atoms with Gasteiger partial charge in [-0.25, -0.2) is 12.8 Å². The summed E-state index contributed by atoms with van der Waals surface area (Å²) < 4.78 is 38.4. The van der Waals surface area contributed by atoms with Crippen molar-refractivity contribution in [2.24, 2.45) is 5.73 Å². The summed E-state index contributed by atoms with van der Waals surface area (Å²) in [5, 5.41) is 0.161. The molecule has 4 nitrogen and oxygen atoms in total. The first-order chi connectivity index (χ1) is 7.94. The van der Waals surface area contributed by atoms with E-state index in [0.717, 1.165) is 12.1 Å². The SMILES string of the molecule is NCCCCS(=O)(=O)Nc1cc(F)ccc1Cl. The van der Waals surface area contributed by atoms with Crippen LogP contribution in [0.2, 0.25) is 5.02 Å². The highest BCUT2D eigenvalue weighted by Gasteiger charge is 2.12. The third kappa shape index (κ3) is 4.89. The Morgan fingerprint density at radius 1 is 1.35 bits per heavy atom. The first kappa shape index (κ1) is 14.2. The zero-order chi connectivity index (χ0) is 12.9. The van der Waals surface area contributed by atoms with Gasteiger partial charge < -0.3 is 5.73 Å². The average molecular weight is 281 g/mol. The minimum absolute atomic E-state index is 0.0550. The number of unbranched alkanes of at least 4 members (excludes halogenated alkanes) is 1. The predicted octanol–water partition coefficient (Wildman–Crippen LogP) is 1.96. The maximum absolute atomic E-state index is 12.9. The van der Waals surface area contributed by atoms with E-state index in [0.29, 0.717) is 19.4 Å². The molecular formula is C10H14ClFN2O2S. The van der Waals surface area contributed by atoms with Gasteiger partial charge in [-0.05, 0) is 37.6 Å². The van der Waals surface area contributed by atoms with E-state index < -0.39 is 15.8 Å². The molecule has 0 spiro atoms. The fourth-order valence-corrected chi connectivity index (χ4v) is 2.64. The normalized spacial score (nSPS) is 11.5. The number of hydrogen-bond acceptors (Lipinski definition) is 3. The second-order valence-corrected chi connectivity index (χ2v) is 5.79. The van der Waals surface area contributed by atoms with Gasteiger partial charge in [0.05, 0.1) is 16.5 Å². The Bertz CT molecular complexity index is 479. The second-order valence-electron chi connectivity index (χ2n) is 3.54. The van der Waals surface area contributed by atoms with Crippen LogP contribution in [0.1, 0.15) is 12.8 Å². The molecule has 0 aliphatic rings. The third-order valence-electron chi connectivity index (χ3n) is 2.06. The zero-order valence-electron chi connectivity index (χ0n) is 9.12. The molecule has 0 saturated heterocycles. The average Bonchev–Trinajstić information content (AvgIpc) is 2.23. The predicted molar refractivity (Wildman–Crippen MR) is 67.1 cm³/mol. The van der Waals surface area contributed by atoms with Crippen molar-refractivity contribution in [1.82, 2.24) is 0 Å². The highest BCUT2D eigenvalue weighted by molar-refractivity contribution is 7.92. The molecule has 0 unspecified atom stereocenters. The van der Waals surface area contributed by atoms with Crippen LogP contribution in [0.3, 0.4) is 0 Å². The summed E-state index contributed by atoms with van der Waals surface area (Å²) in [6, 6.07) is 3.51. The molecule has 0 fully saturated rings. The van der Waals surface area contributed by atoms with E-state index in [1.54, 1.807) is 0 Å². The van der Waals surface area contributed by atoms with Crippen LogP contribution in [-0.2, 0) is 10.0 Å². The Kier molecular flexibility index (Phi) is 5.17. The number of nitrogens with two attached hydrogens (primary N) is 1. The molecule has 17 heavy (non-hydrogen) atoms. The van der Waals surface area contributed by atoms with Gasteiger partial charge in [-0.2, -0.15) is 0 Å².